The summed E-state index contributed by atoms with van der Waals surface area (Å²) in [6.07, 6.45) is 6.28. The van der Waals surface area contributed by atoms with E-state index in [4.69, 9.17) is 11.3 Å². The Morgan fingerprint density at radius 3 is 2.18 bits per heavy atom. The predicted molar refractivity (Wildman–Crippen MR) is 151 cm³/mol. The summed E-state index contributed by atoms with van der Waals surface area (Å²) in [5, 5.41) is 6.00. The molecule has 0 radical (unpaired) electrons. The smallest absolute Gasteiger partial charge is 0.326 e. The lowest BCUT2D eigenvalue weighted by Gasteiger charge is -2.26. The molecule has 3 aromatic carbocycles. The number of aryl methyl sites for hydroxylation is 2. The Morgan fingerprint density at radius 1 is 0.947 bits per heavy atom. The van der Waals surface area contributed by atoms with E-state index >= 15 is 0 Å². The molecule has 8 heteroatoms. The number of carbonyl (C=O) groups excluding carboxylic acids is 2. The highest BCUT2D eigenvalue weighted by Gasteiger charge is 2.20. The first-order chi connectivity index (χ1) is 18.3. The van der Waals surface area contributed by atoms with Crippen molar-refractivity contribution in [2.24, 2.45) is 15.8 Å². The van der Waals surface area contributed by atoms with Gasteiger partial charge in [0.2, 0.25) is 5.96 Å². The lowest BCUT2D eigenvalue weighted by Crippen LogP contribution is -2.34. The number of carbonyl (C=O) groups is 2. The van der Waals surface area contributed by atoms with Crippen LogP contribution in [0.25, 0.3) is 0 Å². The van der Waals surface area contributed by atoms with E-state index in [0.29, 0.717) is 18.0 Å². The maximum Gasteiger partial charge on any atom is 0.326 e. The summed E-state index contributed by atoms with van der Waals surface area (Å²) in [5.74, 6) is -0.391. The Balaban J connectivity index is 1.58. The number of hydrogen-bond donors (Lipinski definition) is 3. The van der Waals surface area contributed by atoms with Gasteiger partial charge in [-0.2, -0.15) is 4.99 Å². The second-order valence-electron chi connectivity index (χ2n) is 9.90. The average Bonchev–Trinajstić information content (AvgIpc) is 2.92. The van der Waals surface area contributed by atoms with Gasteiger partial charge in [-0.25, -0.2) is 10.3 Å². The van der Waals surface area contributed by atoms with E-state index in [1.807, 2.05) is 38.1 Å². The molecule has 1 fully saturated rings. The lowest BCUT2D eigenvalue weighted by molar-refractivity contribution is 0.100. The van der Waals surface area contributed by atoms with Crippen LogP contribution < -0.4 is 16.0 Å². The molecule has 8 nitrogen and oxygen atoms in total. The van der Waals surface area contributed by atoms with Crippen LogP contribution in [0.15, 0.2) is 76.8 Å². The van der Waals surface area contributed by atoms with E-state index in [1.165, 1.54) is 37.7 Å². The second-order valence-corrected chi connectivity index (χ2v) is 9.90. The molecule has 38 heavy (non-hydrogen) atoms. The summed E-state index contributed by atoms with van der Waals surface area (Å²) < 4.78 is 0. The molecule has 0 bridgehead atoms. The van der Waals surface area contributed by atoms with Gasteiger partial charge in [0.25, 0.3) is 5.91 Å². The molecule has 3 amide bonds. The number of hydrogen-bond acceptors (Lipinski definition) is 3. The molecule has 0 saturated heterocycles. The predicted octanol–water partition coefficient (Wildman–Crippen LogP) is 7.08. The van der Waals surface area contributed by atoms with Gasteiger partial charge < -0.3 is 11.1 Å². The Bertz CT molecular complexity index is 1310. The van der Waals surface area contributed by atoms with Crippen molar-refractivity contribution in [1.82, 2.24) is 0 Å². The van der Waals surface area contributed by atoms with Gasteiger partial charge in [0.1, 0.15) is 0 Å². The molecule has 4 N–H and O–H groups in total. The van der Waals surface area contributed by atoms with Gasteiger partial charge in [-0.1, -0.05) is 49.6 Å². The first kappa shape index (κ1) is 26.7. The van der Waals surface area contributed by atoms with Gasteiger partial charge in [-0.15, -0.1) is 5.11 Å². The summed E-state index contributed by atoms with van der Waals surface area (Å²) in [5.41, 5.74) is 18.4. The van der Waals surface area contributed by atoms with E-state index in [0.717, 1.165) is 28.1 Å². The van der Waals surface area contributed by atoms with Crippen molar-refractivity contribution in [2.45, 2.75) is 58.4 Å². The zero-order valence-electron chi connectivity index (χ0n) is 21.9. The van der Waals surface area contributed by atoms with Gasteiger partial charge in [0.05, 0.1) is 6.54 Å². The highest BCUT2D eigenvalue weighted by Crippen LogP contribution is 2.33. The van der Waals surface area contributed by atoms with Crippen LogP contribution in [0.2, 0.25) is 0 Å². The number of benzene rings is 3. The van der Waals surface area contributed by atoms with Gasteiger partial charge in [-0.05, 0) is 91.3 Å². The van der Waals surface area contributed by atoms with E-state index in [-0.39, 0.29) is 6.03 Å². The standard InChI is InChI=1S/C30H34N6O2/c1-20-16-21(2)18-26(17-20)33-30(38)36(27-14-12-24(13-15-27)23-6-4-3-5-7-23)19-22-8-10-25(11-9-22)28(37)34-29(31)35-32/h8-18,23,32H,3-7,19H2,1-2H3,(H,33,38)(H2,31,34,37). The molecule has 0 spiro atoms. The van der Waals surface area contributed by atoms with Crippen molar-refractivity contribution in [1.29, 1.82) is 5.53 Å². The highest BCUT2D eigenvalue weighted by atomic mass is 16.2. The molecular weight excluding hydrogens is 476 g/mol. The summed E-state index contributed by atoms with van der Waals surface area (Å²) in [4.78, 5) is 31.0. The third-order valence-corrected chi connectivity index (χ3v) is 6.87. The van der Waals surface area contributed by atoms with Crippen molar-refractivity contribution in [3.63, 3.8) is 0 Å². The fourth-order valence-corrected chi connectivity index (χ4v) is 5.01. The molecule has 0 aromatic heterocycles. The molecule has 0 unspecified atom stereocenters. The quantitative estimate of drug-likeness (QED) is 0.186. The van der Waals surface area contributed by atoms with Crippen LogP contribution in [0.3, 0.4) is 0 Å². The molecule has 3 aromatic rings. The minimum Gasteiger partial charge on any atom is -0.366 e. The molecule has 0 aliphatic heterocycles. The van der Waals surface area contributed by atoms with Crippen LogP contribution in [-0.4, -0.2) is 17.9 Å². The molecule has 0 atom stereocenters. The first-order valence-electron chi connectivity index (χ1n) is 12.9. The van der Waals surface area contributed by atoms with Crippen LogP contribution in [0.4, 0.5) is 16.2 Å². The van der Waals surface area contributed by atoms with Crippen molar-refractivity contribution >= 4 is 29.3 Å². The van der Waals surface area contributed by atoms with Crippen molar-refractivity contribution in [3.05, 3.63) is 94.5 Å². The number of aliphatic imine (C=N–C) groups is 1. The topological polar surface area (TPSA) is 124 Å². The number of guanidine groups is 1. The van der Waals surface area contributed by atoms with Crippen LogP contribution in [0.1, 0.15) is 70.6 Å². The zero-order valence-corrected chi connectivity index (χ0v) is 21.9. The fraction of sp³-hybridized carbons (Fsp3) is 0.300. The van der Waals surface area contributed by atoms with Crippen molar-refractivity contribution in [3.8, 4) is 0 Å². The second kappa shape index (κ2) is 12.3. The Kier molecular flexibility index (Phi) is 8.63. The van der Waals surface area contributed by atoms with Crippen LogP contribution in [0.5, 0.6) is 0 Å². The molecule has 1 aliphatic rings. The summed E-state index contributed by atoms with van der Waals surface area (Å²) in [6, 6.07) is 20.9. The van der Waals surface area contributed by atoms with Crippen LogP contribution in [-0.2, 0) is 6.54 Å². The average molecular weight is 511 g/mol. The van der Waals surface area contributed by atoms with Gasteiger partial charge in [0, 0.05) is 16.9 Å². The molecule has 0 heterocycles. The number of nitrogens with one attached hydrogen (secondary N) is 2. The van der Waals surface area contributed by atoms with Crippen molar-refractivity contribution < 1.29 is 9.59 Å². The molecule has 196 valence electrons. The van der Waals surface area contributed by atoms with E-state index in [1.54, 1.807) is 29.2 Å². The lowest BCUT2D eigenvalue weighted by atomic mass is 9.84. The first-order valence-corrected chi connectivity index (χ1v) is 12.9. The monoisotopic (exact) mass is 510 g/mol. The molecule has 1 aliphatic carbocycles. The maximum atomic E-state index is 13.6. The van der Waals surface area contributed by atoms with E-state index < -0.39 is 11.9 Å². The molecule has 1 saturated carbocycles. The zero-order chi connectivity index (χ0) is 27.1. The largest absolute Gasteiger partial charge is 0.366 e. The number of nitrogens with two attached hydrogens (primary N) is 1. The summed E-state index contributed by atoms with van der Waals surface area (Å²) in [6.45, 7) is 4.31. The normalized spacial score (nSPS) is 14.1. The van der Waals surface area contributed by atoms with E-state index in [9.17, 15) is 9.59 Å². The highest BCUT2D eigenvalue weighted by molar-refractivity contribution is 6.03. The SMILES string of the molecule is Cc1cc(C)cc(NC(=O)N(Cc2ccc(C(=O)N=C(N)N=N)cc2)c2ccc(C3CCCCC3)cc2)c1. The van der Waals surface area contributed by atoms with Crippen LogP contribution in [0, 0.1) is 19.4 Å². The third kappa shape index (κ3) is 6.91. The number of amides is 3. The number of nitrogens with zero attached hydrogens (tertiary/aromatic N) is 3. The van der Waals surface area contributed by atoms with Gasteiger partial charge >= 0.3 is 6.03 Å². The Morgan fingerprint density at radius 2 is 1.58 bits per heavy atom. The van der Waals surface area contributed by atoms with E-state index in [2.05, 4.69) is 33.6 Å². The number of urea groups is 1. The minimum absolute atomic E-state index is 0.241. The Hall–Kier alpha value is -4.33. The summed E-state index contributed by atoms with van der Waals surface area (Å²) >= 11 is 0. The minimum atomic E-state index is -0.576. The molecular formula is C30H34N6O2. The fourth-order valence-electron chi connectivity index (χ4n) is 5.01. The maximum absolute atomic E-state index is 13.6. The molecule has 4 rings (SSSR count). The van der Waals surface area contributed by atoms with Gasteiger partial charge in [0.15, 0.2) is 0 Å². The van der Waals surface area contributed by atoms with Crippen LogP contribution >= 0.6 is 0 Å². The number of rotatable bonds is 6. The Labute approximate surface area is 223 Å². The number of anilines is 2. The summed E-state index contributed by atoms with van der Waals surface area (Å²) in [7, 11) is 0. The third-order valence-electron chi connectivity index (χ3n) is 6.87. The van der Waals surface area contributed by atoms with Crippen molar-refractivity contribution in [2.75, 3.05) is 10.2 Å². The van der Waals surface area contributed by atoms with Gasteiger partial charge in [-0.3, -0.25) is 9.69 Å².